The Morgan fingerprint density at radius 2 is 1.66 bits per heavy atom. The minimum atomic E-state index is -0.300. The average molecular weight is 469 g/mol. The van der Waals surface area contributed by atoms with Crippen molar-refractivity contribution in [3.8, 4) is 22.7 Å². The quantitative estimate of drug-likeness (QED) is 0.373. The molecule has 0 aliphatic rings. The molecule has 7 nitrogen and oxygen atoms in total. The van der Waals surface area contributed by atoms with Crippen molar-refractivity contribution in [1.29, 1.82) is 0 Å². The Bertz CT molecular complexity index is 1290. The summed E-state index contributed by atoms with van der Waals surface area (Å²) in [5.74, 6) is 0.608. The summed E-state index contributed by atoms with van der Waals surface area (Å²) in [5.41, 5.74) is 2.98. The number of hydrogen-bond donors (Lipinski definition) is 1. The number of amides is 2. The highest BCUT2D eigenvalue weighted by atomic mass is 16.5. The number of nitrogens with one attached hydrogen (secondary N) is 1. The summed E-state index contributed by atoms with van der Waals surface area (Å²) in [4.78, 5) is 27.8. The molecule has 0 aliphatic carbocycles. The maximum Gasteiger partial charge on any atom is 0.254 e. The van der Waals surface area contributed by atoms with E-state index >= 15 is 0 Å². The van der Waals surface area contributed by atoms with Gasteiger partial charge in [0.25, 0.3) is 5.91 Å². The highest BCUT2D eigenvalue weighted by Gasteiger charge is 2.20. The van der Waals surface area contributed by atoms with E-state index in [9.17, 15) is 9.59 Å². The molecule has 178 valence electrons. The molecule has 0 radical (unpaired) electrons. The average Bonchev–Trinajstić information content (AvgIpc) is 3.32. The molecule has 4 aromatic rings. The van der Waals surface area contributed by atoms with Crippen LogP contribution in [0.1, 0.15) is 23.7 Å². The second-order valence-corrected chi connectivity index (χ2v) is 8.04. The van der Waals surface area contributed by atoms with Crippen molar-refractivity contribution in [3.63, 3.8) is 0 Å². The van der Waals surface area contributed by atoms with E-state index in [0.717, 1.165) is 23.4 Å². The van der Waals surface area contributed by atoms with E-state index in [1.165, 1.54) is 0 Å². The number of methoxy groups -OCH3 is 1. The molecule has 35 heavy (non-hydrogen) atoms. The SMILES string of the molecule is CCCN(CC(=O)Nc1cc(-c2ccccc2)nn1-c1ccccc1)C(=O)c1cccc(OC)c1. The summed E-state index contributed by atoms with van der Waals surface area (Å²) in [6.07, 6.45) is 0.725. The lowest BCUT2D eigenvalue weighted by Gasteiger charge is -2.22. The summed E-state index contributed by atoms with van der Waals surface area (Å²) in [6.45, 7) is 2.35. The molecular formula is C28H28N4O3. The molecule has 7 heteroatoms. The minimum Gasteiger partial charge on any atom is -0.497 e. The zero-order chi connectivity index (χ0) is 24.6. The first-order valence-corrected chi connectivity index (χ1v) is 11.5. The van der Waals surface area contributed by atoms with Crippen LogP contribution in [0.15, 0.2) is 91.0 Å². The van der Waals surface area contributed by atoms with Crippen LogP contribution in [0, 0.1) is 0 Å². The zero-order valence-electron chi connectivity index (χ0n) is 19.8. The van der Waals surface area contributed by atoms with Crippen molar-refractivity contribution in [2.75, 3.05) is 25.5 Å². The van der Waals surface area contributed by atoms with Crippen LogP contribution in [0.5, 0.6) is 5.75 Å². The van der Waals surface area contributed by atoms with E-state index < -0.39 is 0 Å². The van der Waals surface area contributed by atoms with Crippen LogP contribution in [0.25, 0.3) is 16.9 Å². The molecular weight excluding hydrogens is 440 g/mol. The van der Waals surface area contributed by atoms with Crippen LogP contribution in [-0.2, 0) is 4.79 Å². The Morgan fingerprint density at radius 3 is 2.34 bits per heavy atom. The molecule has 1 heterocycles. The summed E-state index contributed by atoms with van der Waals surface area (Å²) < 4.78 is 6.94. The van der Waals surface area contributed by atoms with Crippen LogP contribution in [0.2, 0.25) is 0 Å². The summed E-state index contributed by atoms with van der Waals surface area (Å²) in [7, 11) is 1.56. The molecule has 0 fully saturated rings. The Balaban J connectivity index is 1.58. The van der Waals surface area contributed by atoms with Gasteiger partial charge >= 0.3 is 0 Å². The van der Waals surface area contributed by atoms with Crippen molar-refractivity contribution >= 4 is 17.6 Å². The third-order valence-electron chi connectivity index (χ3n) is 5.48. The van der Waals surface area contributed by atoms with Gasteiger partial charge in [-0.1, -0.05) is 61.5 Å². The number of nitrogens with zero attached hydrogens (tertiary/aromatic N) is 3. The summed E-state index contributed by atoms with van der Waals surface area (Å²) >= 11 is 0. The third-order valence-corrected chi connectivity index (χ3v) is 5.48. The predicted octanol–water partition coefficient (Wildman–Crippen LogP) is 5.04. The van der Waals surface area contributed by atoms with E-state index in [4.69, 9.17) is 9.84 Å². The number of carbonyl (C=O) groups is 2. The number of carbonyl (C=O) groups excluding carboxylic acids is 2. The maximum absolute atomic E-state index is 13.1. The number of aromatic nitrogens is 2. The Kier molecular flexibility index (Phi) is 7.57. The van der Waals surface area contributed by atoms with Crippen LogP contribution in [0.4, 0.5) is 5.82 Å². The molecule has 4 rings (SSSR count). The van der Waals surface area contributed by atoms with Gasteiger partial charge in [0, 0.05) is 23.7 Å². The van der Waals surface area contributed by atoms with E-state index in [-0.39, 0.29) is 18.4 Å². The van der Waals surface area contributed by atoms with Crippen LogP contribution >= 0.6 is 0 Å². The lowest BCUT2D eigenvalue weighted by Crippen LogP contribution is -2.38. The second-order valence-electron chi connectivity index (χ2n) is 8.04. The van der Waals surface area contributed by atoms with Gasteiger partial charge in [-0.2, -0.15) is 5.10 Å². The van der Waals surface area contributed by atoms with E-state index in [1.54, 1.807) is 41.0 Å². The zero-order valence-corrected chi connectivity index (χ0v) is 19.8. The predicted molar refractivity (Wildman–Crippen MR) is 137 cm³/mol. The number of rotatable bonds is 9. The van der Waals surface area contributed by atoms with E-state index in [0.29, 0.717) is 23.7 Å². The van der Waals surface area contributed by atoms with Crippen molar-refractivity contribution in [3.05, 3.63) is 96.6 Å². The normalized spacial score (nSPS) is 10.6. The fourth-order valence-corrected chi connectivity index (χ4v) is 3.80. The standard InChI is InChI=1S/C28H28N4O3/c1-3-17-31(28(34)22-13-10-16-24(18-22)35-2)20-27(33)29-26-19-25(21-11-6-4-7-12-21)30-32(26)23-14-8-5-9-15-23/h4-16,18-19H,3,17,20H2,1-2H3,(H,29,33). The fourth-order valence-electron chi connectivity index (χ4n) is 3.80. The van der Waals surface area contributed by atoms with Gasteiger partial charge in [-0.05, 0) is 36.8 Å². The van der Waals surface area contributed by atoms with Crippen molar-refractivity contribution in [2.45, 2.75) is 13.3 Å². The highest BCUT2D eigenvalue weighted by molar-refractivity contribution is 5.99. The maximum atomic E-state index is 13.1. The smallest absolute Gasteiger partial charge is 0.254 e. The van der Waals surface area contributed by atoms with Gasteiger partial charge < -0.3 is 15.0 Å². The lowest BCUT2D eigenvalue weighted by atomic mass is 10.1. The number of anilines is 1. The number of hydrogen-bond acceptors (Lipinski definition) is 4. The van der Waals surface area contributed by atoms with Gasteiger partial charge in [-0.15, -0.1) is 0 Å². The van der Waals surface area contributed by atoms with Crippen LogP contribution < -0.4 is 10.1 Å². The van der Waals surface area contributed by atoms with Gasteiger partial charge in [-0.3, -0.25) is 9.59 Å². The van der Waals surface area contributed by atoms with Crippen molar-refractivity contribution in [2.24, 2.45) is 0 Å². The molecule has 0 atom stereocenters. The lowest BCUT2D eigenvalue weighted by molar-refractivity contribution is -0.116. The monoisotopic (exact) mass is 468 g/mol. The number of para-hydroxylation sites is 1. The van der Waals surface area contributed by atoms with Crippen LogP contribution in [-0.4, -0.2) is 46.7 Å². The highest BCUT2D eigenvalue weighted by Crippen LogP contribution is 2.25. The third kappa shape index (κ3) is 5.76. The van der Waals surface area contributed by atoms with Gasteiger partial charge in [-0.25, -0.2) is 4.68 Å². The first-order valence-electron chi connectivity index (χ1n) is 11.5. The molecule has 0 spiro atoms. The molecule has 1 aromatic heterocycles. The molecule has 0 saturated heterocycles. The molecule has 0 bridgehead atoms. The van der Waals surface area contributed by atoms with E-state index in [2.05, 4.69) is 5.32 Å². The van der Waals surface area contributed by atoms with Crippen LogP contribution in [0.3, 0.4) is 0 Å². The molecule has 2 amide bonds. The van der Waals surface area contributed by atoms with Crippen molar-refractivity contribution < 1.29 is 14.3 Å². The Labute approximate surface area is 205 Å². The fraction of sp³-hybridized carbons (Fsp3) is 0.179. The first-order chi connectivity index (χ1) is 17.1. The Morgan fingerprint density at radius 1 is 0.943 bits per heavy atom. The Hall–Kier alpha value is -4.39. The molecule has 0 saturated carbocycles. The van der Waals surface area contributed by atoms with Gasteiger partial charge in [0.1, 0.15) is 18.1 Å². The first kappa shape index (κ1) is 23.8. The number of ether oxygens (including phenoxy) is 1. The van der Waals surface area contributed by atoms with Crippen molar-refractivity contribution in [1.82, 2.24) is 14.7 Å². The molecule has 3 aromatic carbocycles. The molecule has 0 aliphatic heterocycles. The van der Waals surface area contributed by atoms with E-state index in [1.807, 2.05) is 73.7 Å². The second kappa shape index (κ2) is 11.2. The minimum absolute atomic E-state index is 0.0788. The largest absolute Gasteiger partial charge is 0.497 e. The summed E-state index contributed by atoms with van der Waals surface area (Å²) in [5, 5.41) is 7.69. The van der Waals surface area contributed by atoms with Gasteiger partial charge in [0.15, 0.2) is 0 Å². The summed E-state index contributed by atoms with van der Waals surface area (Å²) in [6, 6.07) is 28.2. The molecule has 0 unspecified atom stereocenters. The van der Waals surface area contributed by atoms with Gasteiger partial charge in [0.2, 0.25) is 5.91 Å². The van der Waals surface area contributed by atoms with Gasteiger partial charge in [0.05, 0.1) is 18.5 Å². The topological polar surface area (TPSA) is 76.5 Å². The molecule has 1 N–H and O–H groups in total. The number of benzene rings is 3.